The zero-order valence-electron chi connectivity index (χ0n) is 13.6. The van der Waals surface area contributed by atoms with Crippen LogP contribution in [0.25, 0.3) is 0 Å². The molecule has 6 heteroatoms. The van der Waals surface area contributed by atoms with E-state index in [9.17, 15) is 9.59 Å². The van der Waals surface area contributed by atoms with E-state index in [2.05, 4.69) is 15.6 Å². The van der Waals surface area contributed by atoms with Gasteiger partial charge in [0.2, 0.25) is 5.91 Å². The van der Waals surface area contributed by atoms with E-state index >= 15 is 0 Å². The number of aromatic nitrogens is 1. The number of hydrogen-bond acceptors (Lipinski definition) is 5. The van der Waals surface area contributed by atoms with Crippen molar-refractivity contribution >= 4 is 17.6 Å². The van der Waals surface area contributed by atoms with Crippen LogP contribution in [0.3, 0.4) is 0 Å². The molecule has 0 saturated heterocycles. The van der Waals surface area contributed by atoms with Crippen molar-refractivity contribution in [3.8, 4) is 0 Å². The molecule has 24 heavy (non-hydrogen) atoms. The summed E-state index contributed by atoms with van der Waals surface area (Å²) in [5.74, 6) is -0.367. The number of hydrogen-bond donors (Lipinski definition) is 2. The maximum atomic E-state index is 11.8. The van der Waals surface area contributed by atoms with Crippen LogP contribution in [0.5, 0.6) is 0 Å². The summed E-state index contributed by atoms with van der Waals surface area (Å²) >= 11 is 0. The number of benzene rings is 1. The molecule has 1 heterocycles. The Morgan fingerprint density at radius 1 is 1.17 bits per heavy atom. The molecule has 0 atom stereocenters. The summed E-state index contributed by atoms with van der Waals surface area (Å²) in [5, 5.41) is 5.99. The predicted molar refractivity (Wildman–Crippen MR) is 91.6 cm³/mol. The molecule has 1 amide bonds. The van der Waals surface area contributed by atoms with Gasteiger partial charge in [0.25, 0.3) is 0 Å². The van der Waals surface area contributed by atoms with Crippen molar-refractivity contribution in [2.45, 2.75) is 19.9 Å². The van der Waals surface area contributed by atoms with Gasteiger partial charge in [0, 0.05) is 37.6 Å². The molecule has 0 aliphatic heterocycles. The van der Waals surface area contributed by atoms with Crippen LogP contribution < -0.4 is 10.6 Å². The number of carbonyl (C=O) groups is 2. The molecule has 0 unspecified atom stereocenters. The lowest BCUT2D eigenvalue weighted by Gasteiger charge is -2.08. The molecule has 126 valence electrons. The fourth-order valence-electron chi connectivity index (χ4n) is 2.05. The molecule has 0 aliphatic rings. The first-order chi connectivity index (χ1) is 11.7. The summed E-state index contributed by atoms with van der Waals surface area (Å²) in [5.41, 5.74) is 2.33. The van der Waals surface area contributed by atoms with E-state index in [0.717, 1.165) is 11.3 Å². The molecule has 6 nitrogen and oxygen atoms in total. The Hall–Kier alpha value is -2.89. The first-order valence-corrected chi connectivity index (χ1v) is 7.85. The van der Waals surface area contributed by atoms with E-state index in [1.54, 1.807) is 43.6 Å². The van der Waals surface area contributed by atoms with Crippen LogP contribution in [0, 0.1) is 0 Å². The van der Waals surface area contributed by atoms with E-state index in [-0.39, 0.29) is 11.9 Å². The van der Waals surface area contributed by atoms with Gasteiger partial charge in [0.1, 0.15) is 0 Å². The fraction of sp³-hybridized carbons (Fsp3) is 0.278. The molecule has 0 aliphatic carbocycles. The highest BCUT2D eigenvalue weighted by Crippen LogP contribution is 2.10. The van der Waals surface area contributed by atoms with Crippen LogP contribution in [0.1, 0.15) is 29.3 Å². The lowest BCUT2D eigenvalue weighted by atomic mass is 10.2. The fourth-order valence-corrected chi connectivity index (χ4v) is 2.05. The van der Waals surface area contributed by atoms with E-state index in [1.165, 1.54) is 0 Å². The molecule has 2 aromatic rings. The third kappa shape index (κ3) is 5.72. The number of amides is 1. The Balaban J connectivity index is 1.69. The van der Waals surface area contributed by atoms with Crippen molar-refractivity contribution in [2.24, 2.45) is 0 Å². The standard InChI is InChI=1S/C18H21N3O3/c1-2-24-18(23)15-5-7-16(8-6-15)20-11-9-17(22)21-13-14-4-3-10-19-12-14/h3-8,10,12,20H,2,9,11,13H2,1H3,(H,21,22). The number of nitrogens with one attached hydrogen (secondary N) is 2. The molecular formula is C18H21N3O3. The second-order valence-corrected chi connectivity index (χ2v) is 5.11. The van der Waals surface area contributed by atoms with Gasteiger partial charge in [-0.1, -0.05) is 6.07 Å². The van der Waals surface area contributed by atoms with Crippen molar-refractivity contribution in [1.29, 1.82) is 0 Å². The number of esters is 1. The number of carbonyl (C=O) groups excluding carboxylic acids is 2. The van der Waals surface area contributed by atoms with Gasteiger partial charge in [0.05, 0.1) is 12.2 Å². The normalized spacial score (nSPS) is 10.0. The summed E-state index contributed by atoms with van der Waals surface area (Å²) in [6, 6.07) is 10.7. The average molecular weight is 327 g/mol. The van der Waals surface area contributed by atoms with Crippen LogP contribution in [-0.4, -0.2) is 30.0 Å². The highest BCUT2D eigenvalue weighted by molar-refractivity contribution is 5.89. The summed E-state index contributed by atoms with van der Waals surface area (Å²) in [4.78, 5) is 27.3. The van der Waals surface area contributed by atoms with E-state index < -0.39 is 0 Å². The average Bonchev–Trinajstić information content (AvgIpc) is 2.61. The van der Waals surface area contributed by atoms with Gasteiger partial charge in [-0.15, -0.1) is 0 Å². The van der Waals surface area contributed by atoms with Crippen molar-refractivity contribution in [3.63, 3.8) is 0 Å². The first-order valence-electron chi connectivity index (χ1n) is 7.85. The lowest BCUT2D eigenvalue weighted by Crippen LogP contribution is -2.24. The molecular weight excluding hydrogens is 306 g/mol. The minimum atomic E-state index is -0.334. The quantitative estimate of drug-likeness (QED) is 0.728. The molecule has 0 spiro atoms. The molecule has 1 aromatic carbocycles. The number of nitrogens with zero attached hydrogens (tertiary/aromatic N) is 1. The largest absolute Gasteiger partial charge is 0.462 e. The summed E-state index contributed by atoms with van der Waals surface area (Å²) in [6.07, 6.45) is 3.78. The van der Waals surface area contributed by atoms with Gasteiger partial charge in [0.15, 0.2) is 0 Å². The predicted octanol–water partition coefficient (Wildman–Crippen LogP) is 2.38. The smallest absolute Gasteiger partial charge is 0.338 e. The minimum Gasteiger partial charge on any atom is -0.462 e. The van der Waals surface area contributed by atoms with Gasteiger partial charge in [-0.25, -0.2) is 4.79 Å². The van der Waals surface area contributed by atoms with Crippen molar-refractivity contribution in [1.82, 2.24) is 10.3 Å². The second-order valence-electron chi connectivity index (χ2n) is 5.11. The Morgan fingerprint density at radius 3 is 2.62 bits per heavy atom. The first kappa shape index (κ1) is 17.5. The topological polar surface area (TPSA) is 80.3 Å². The van der Waals surface area contributed by atoms with Crippen LogP contribution >= 0.6 is 0 Å². The number of pyridine rings is 1. The van der Waals surface area contributed by atoms with Crippen molar-refractivity contribution < 1.29 is 14.3 Å². The molecule has 0 bridgehead atoms. The van der Waals surface area contributed by atoms with E-state index in [4.69, 9.17) is 4.74 Å². The number of anilines is 1. The minimum absolute atomic E-state index is 0.0329. The SMILES string of the molecule is CCOC(=O)c1ccc(NCCC(=O)NCc2cccnc2)cc1. The second kappa shape index (κ2) is 9.29. The summed E-state index contributed by atoms with van der Waals surface area (Å²) < 4.78 is 4.93. The zero-order valence-corrected chi connectivity index (χ0v) is 13.6. The Kier molecular flexibility index (Phi) is 6.76. The number of rotatable bonds is 8. The third-order valence-corrected chi connectivity index (χ3v) is 3.29. The van der Waals surface area contributed by atoms with Gasteiger partial charge in [-0.05, 0) is 42.8 Å². The van der Waals surface area contributed by atoms with Gasteiger partial charge in [-0.3, -0.25) is 9.78 Å². The molecule has 2 N–H and O–H groups in total. The summed E-state index contributed by atoms with van der Waals surface area (Å²) in [7, 11) is 0. The molecule has 2 rings (SSSR count). The highest BCUT2D eigenvalue weighted by atomic mass is 16.5. The van der Waals surface area contributed by atoms with E-state index in [0.29, 0.717) is 31.7 Å². The Morgan fingerprint density at radius 2 is 1.96 bits per heavy atom. The van der Waals surface area contributed by atoms with Crippen LogP contribution in [0.4, 0.5) is 5.69 Å². The van der Waals surface area contributed by atoms with Crippen LogP contribution in [-0.2, 0) is 16.1 Å². The third-order valence-electron chi connectivity index (χ3n) is 3.29. The van der Waals surface area contributed by atoms with Crippen LogP contribution in [0.2, 0.25) is 0 Å². The Labute approximate surface area is 141 Å². The molecule has 0 saturated carbocycles. The zero-order chi connectivity index (χ0) is 17.2. The van der Waals surface area contributed by atoms with Crippen molar-refractivity contribution in [3.05, 3.63) is 59.9 Å². The van der Waals surface area contributed by atoms with Gasteiger partial charge < -0.3 is 15.4 Å². The van der Waals surface area contributed by atoms with Gasteiger partial charge >= 0.3 is 5.97 Å². The maximum absolute atomic E-state index is 11.8. The van der Waals surface area contributed by atoms with Gasteiger partial charge in [-0.2, -0.15) is 0 Å². The monoisotopic (exact) mass is 327 g/mol. The number of ether oxygens (including phenoxy) is 1. The molecule has 1 aromatic heterocycles. The summed E-state index contributed by atoms with van der Waals surface area (Å²) in [6.45, 7) is 3.11. The van der Waals surface area contributed by atoms with Crippen molar-refractivity contribution in [2.75, 3.05) is 18.5 Å². The lowest BCUT2D eigenvalue weighted by molar-refractivity contribution is -0.121. The maximum Gasteiger partial charge on any atom is 0.338 e. The molecule has 0 fully saturated rings. The molecule has 0 radical (unpaired) electrons. The van der Waals surface area contributed by atoms with Crippen LogP contribution in [0.15, 0.2) is 48.8 Å². The Bertz CT molecular complexity index is 657. The van der Waals surface area contributed by atoms with E-state index in [1.807, 2.05) is 12.1 Å². The highest BCUT2D eigenvalue weighted by Gasteiger charge is 2.06.